The van der Waals surface area contributed by atoms with Gasteiger partial charge >= 0.3 is 5.97 Å². The van der Waals surface area contributed by atoms with Gasteiger partial charge in [-0.05, 0) is 80.2 Å². The second-order valence-electron chi connectivity index (χ2n) is 21.0. The van der Waals surface area contributed by atoms with Crippen LogP contribution in [-0.4, -0.2) is 118 Å². The van der Waals surface area contributed by atoms with Gasteiger partial charge < -0.3 is 51.0 Å². The van der Waals surface area contributed by atoms with Crippen molar-refractivity contribution in [2.75, 3.05) is 32.9 Å². The third-order valence-electron chi connectivity index (χ3n) is 15.8. The molecular weight excluding hydrogens is 1030 g/mol. The van der Waals surface area contributed by atoms with Crippen LogP contribution in [-0.2, 0) is 84.2 Å². The molecule has 2 aromatic heterocycles. The third-order valence-corrected chi connectivity index (χ3v) is 15.8. The van der Waals surface area contributed by atoms with Gasteiger partial charge in [0.05, 0.1) is 60.8 Å². The van der Waals surface area contributed by atoms with E-state index < -0.39 is 77.7 Å². The highest BCUT2D eigenvalue weighted by atomic mass is 19.1. The van der Waals surface area contributed by atoms with Crippen LogP contribution in [0.4, 0.5) is 4.39 Å². The summed E-state index contributed by atoms with van der Waals surface area (Å²) in [5.41, 5.74) is 2.36. The van der Waals surface area contributed by atoms with E-state index in [9.17, 15) is 53.1 Å². The molecule has 418 valence electrons. The van der Waals surface area contributed by atoms with E-state index in [0.29, 0.717) is 90.5 Å². The van der Waals surface area contributed by atoms with Crippen molar-refractivity contribution in [3.05, 3.63) is 97.6 Å². The molecule has 8 amide bonds. The number of rotatable bonds is 22. The lowest BCUT2D eigenvalue weighted by Gasteiger charge is -2.36. The summed E-state index contributed by atoms with van der Waals surface area (Å²) >= 11 is 0. The number of aryl methyl sites for hydroxylation is 1. The topological polar surface area (TPSA) is 303 Å². The van der Waals surface area contributed by atoms with Crippen LogP contribution in [0, 0.1) is 24.6 Å². The van der Waals surface area contributed by atoms with Gasteiger partial charge in [-0.2, -0.15) is 0 Å². The fourth-order valence-corrected chi connectivity index (χ4v) is 11.1. The monoisotopic (exact) mass is 1090 g/mol. The summed E-state index contributed by atoms with van der Waals surface area (Å²) in [5.74, 6) is -5.56. The normalized spacial score (nSPS) is 21.0. The Morgan fingerprint density at radius 2 is 1.62 bits per heavy atom. The van der Waals surface area contributed by atoms with Crippen LogP contribution >= 0.6 is 0 Å². The second kappa shape index (κ2) is 23.6. The van der Waals surface area contributed by atoms with Gasteiger partial charge in [0.25, 0.3) is 5.56 Å². The highest BCUT2D eigenvalue weighted by Crippen LogP contribution is 2.46. The predicted molar refractivity (Wildman–Crippen MR) is 279 cm³/mol. The van der Waals surface area contributed by atoms with Crippen molar-refractivity contribution < 1.29 is 62.1 Å². The van der Waals surface area contributed by atoms with E-state index in [0.717, 1.165) is 11.1 Å². The van der Waals surface area contributed by atoms with Crippen molar-refractivity contribution >= 4 is 64.1 Å². The van der Waals surface area contributed by atoms with Gasteiger partial charge in [-0.3, -0.25) is 48.1 Å². The molecule has 23 heteroatoms. The summed E-state index contributed by atoms with van der Waals surface area (Å²) in [6, 6.07) is 10.2. The number of ether oxygens (including phenoxy) is 2. The van der Waals surface area contributed by atoms with E-state index >= 15 is 4.39 Å². The molecule has 7 N–H and O–H groups in total. The number of hydrogen-bond donors (Lipinski definition) is 7. The number of fused-ring (bicyclic) bond motifs is 5. The summed E-state index contributed by atoms with van der Waals surface area (Å²) in [6.07, 6.45) is 3.29. The molecule has 1 unspecified atom stereocenters. The molecule has 4 atom stereocenters. The quantitative estimate of drug-likeness (QED) is 0.0224. The first kappa shape index (κ1) is 55.8. The Labute approximate surface area is 453 Å². The second-order valence-corrected chi connectivity index (χ2v) is 21.0. The number of unbranched alkanes of at least 4 members (excludes halogenated alkanes) is 2. The Bertz CT molecular complexity index is 3220. The van der Waals surface area contributed by atoms with E-state index in [1.165, 1.54) is 15.5 Å². The molecule has 0 bridgehead atoms. The van der Waals surface area contributed by atoms with Crippen molar-refractivity contribution in [2.24, 2.45) is 11.8 Å². The molecule has 1 saturated heterocycles. The van der Waals surface area contributed by atoms with Gasteiger partial charge in [-0.25, -0.2) is 14.2 Å². The smallest absolute Gasteiger partial charge is 0.343 e. The van der Waals surface area contributed by atoms with Crippen molar-refractivity contribution in [2.45, 2.75) is 128 Å². The van der Waals surface area contributed by atoms with E-state index in [1.807, 2.05) is 0 Å². The number of nitrogens with one attached hydrogen (secondary N) is 6. The van der Waals surface area contributed by atoms with E-state index in [4.69, 9.17) is 14.5 Å². The number of carbonyl (C=O) groups excluding carboxylic acids is 9. The van der Waals surface area contributed by atoms with Gasteiger partial charge in [-0.15, -0.1) is 0 Å². The number of carbonyl (C=O) groups is 9. The average Bonchev–Trinajstić information content (AvgIpc) is 4.15. The Morgan fingerprint density at radius 3 is 2.35 bits per heavy atom. The Hall–Kier alpha value is -7.92. The molecule has 2 aliphatic carbocycles. The maximum absolute atomic E-state index is 15.4. The summed E-state index contributed by atoms with van der Waals surface area (Å²) in [4.78, 5) is 135. The number of cyclic esters (lactones) is 1. The summed E-state index contributed by atoms with van der Waals surface area (Å²) in [7, 11) is 0. The molecule has 5 aliphatic rings. The fraction of sp³-hybridized carbons (Fsp3) is 0.482. The van der Waals surface area contributed by atoms with Crippen LogP contribution in [0.5, 0.6) is 0 Å². The van der Waals surface area contributed by atoms with Crippen molar-refractivity contribution in [3.63, 3.8) is 0 Å². The number of nitrogens with zero attached hydrogens (tertiary/aromatic N) is 3. The van der Waals surface area contributed by atoms with Crippen LogP contribution in [0.1, 0.15) is 117 Å². The molecule has 22 nitrogen and oxygen atoms in total. The Kier molecular flexibility index (Phi) is 16.7. The van der Waals surface area contributed by atoms with Crippen molar-refractivity contribution in [3.8, 4) is 11.4 Å². The summed E-state index contributed by atoms with van der Waals surface area (Å²) < 4.78 is 28.0. The highest BCUT2D eigenvalue weighted by Gasteiger charge is 2.46. The molecule has 4 aromatic rings. The first-order valence-electron chi connectivity index (χ1n) is 26.8. The SMILES string of the molecule is CC[C@@]1(O)C(=O)OCc2c1cc1n(c2=O)Cc2c-1nc1cc(F)c(C)c3c1c2[C@@H](NC(=O)[C@H]1C[C@H](OCNC(=O)CNC(=O)[C@H](Cc2ccccc2)NC(=O)CNC(=O)CNC(=O)CCCCCN2C(=O)CC(C)C2=O)C1)CC3. The van der Waals surface area contributed by atoms with Gasteiger partial charge in [0.15, 0.2) is 5.60 Å². The van der Waals surface area contributed by atoms with Gasteiger partial charge in [-0.1, -0.05) is 50.6 Å². The maximum atomic E-state index is 15.4. The molecule has 5 heterocycles. The molecule has 0 radical (unpaired) electrons. The summed E-state index contributed by atoms with van der Waals surface area (Å²) in [6.45, 7) is 3.60. The minimum Gasteiger partial charge on any atom is -0.458 e. The molecule has 79 heavy (non-hydrogen) atoms. The third kappa shape index (κ3) is 11.8. The van der Waals surface area contributed by atoms with Crippen LogP contribution in [0.2, 0.25) is 0 Å². The zero-order chi connectivity index (χ0) is 56.3. The molecule has 1 saturated carbocycles. The largest absolute Gasteiger partial charge is 0.458 e. The van der Waals surface area contributed by atoms with Crippen LogP contribution in [0.3, 0.4) is 0 Å². The lowest BCUT2D eigenvalue weighted by Crippen LogP contribution is -2.52. The number of aromatic nitrogens is 2. The first-order chi connectivity index (χ1) is 37.8. The van der Waals surface area contributed by atoms with Gasteiger partial charge in [0, 0.05) is 60.2 Å². The number of pyridine rings is 2. The molecule has 9 rings (SSSR count). The number of halogens is 1. The average molecular weight is 1090 g/mol. The van der Waals surface area contributed by atoms with Crippen molar-refractivity contribution in [1.82, 2.24) is 46.4 Å². The predicted octanol–water partition coefficient (Wildman–Crippen LogP) is 1.53. The number of imide groups is 1. The number of likely N-dealkylation sites (tertiary alicyclic amines) is 1. The maximum Gasteiger partial charge on any atom is 0.343 e. The van der Waals surface area contributed by atoms with E-state index in [-0.39, 0.29) is 98.9 Å². The molecular formula is C56H64FN9O13. The lowest BCUT2D eigenvalue weighted by molar-refractivity contribution is -0.172. The zero-order valence-corrected chi connectivity index (χ0v) is 44.2. The van der Waals surface area contributed by atoms with Crippen molar-refractivity contribution in [1.29, 1.82) is 0 Å². The van der Waals surface area contributed by atoms with E-state index in [1.54, 1.807) is 57.2 Å². The molecule has 2 fully saturated rings. The molecule has 0 spiro atoms. The van der Waals surface area contributed by atoms with E-state index in [2.05, 4.69) is 31.9 Å². The van der Waals surface area contributed by atoms with Crippen LogP contribution in [0.25, 0.3) is 22.3 Å². The number of aliphatic hydroxyl groups is 1. The zero-order valence-electron chi connectivity index (χ0n) is 44.2. The summed E-state index contributed by atoms with van der Waals surface area (Å²) in [5, 5.41) is 27.9. The number of hydrogen-bond acceptors (Lipinski definition) is 14. The minimum absolute atomic E-state index is 0.0308. The van der Waals surface area contributed by atoms with Gasteiger partial charge in [0.1, 0.15) is 25.2 Å². The lowest BCUT2D eigenvalue weighted by atomic mass is 9.79. The molecule has 2 aromatic carbocycles. The fourth-order valence-electron chi connectivity index (χ4n) is 11.1. The molecule has 3 aliphatic heterocycles. The Morgan fingerprint density at radius 1 is 0.899 bits per heavy atom. The number of esters is 1. The van der Waals surface area contributed by atoms with Crippen LogP contribution < -0.4 is 37.5 Å². The number of benzene rings is 2. The first-order valence-corrected chi connectivity index (χ1v) is 26.8. The Balaban J connectivity index is 0.720. The minimum atomic E-state index is -2.03. The number of amides is 8. The van der Waals surface area contributed by atoms with Crippen LogP contribution in [0.15, 0.2) is 47.3 Å². The highest BCUT2D eigenvalue weighted by molar-refractivity contribution is 6.03. The van der Waals surface area contributed by atoms with Gasteiger partial charge in [0.2, 0.25) is 47.3 Å². The standard InChI is InChI=1S/C56H64FN9O13/c1-4-56(77)37-21-42-50-35(26-66(42)54(75)36(37)27-78-55(56)76)49-39(15-14-34-30(3)38(57)22-40(63-50)48(34)49)64-51(72)32-19-33(20-32)79-28-61-45(69)24-60-52(73)41(18-31-11-7-5-8-12-31)62-46(70)25-59-44(68)23-58-43(67)13-9-6-10-16-65-47(71)17-29(2)53(65)74/h5,7-8,11-12,21-22,29,32-33,39,41,77H,4,6,9-10,13-20,23-28H2,1-3H3,(H,58,67)(H,59,68)(H,60,73)(H,61,69)(H,62,70)(H,64,72)/t29?,32-,33-,39-,41-,56-/m0/s1.